The van der Waals surface area contributed by atoms with E-state index in [1.165, 1.54) is 12.1 Å². The molecule has 4 heterocycles. The van der Waals surface area contributed by atoms with Crippen molar-refractivity contribution in [2.45, 2.75) is 32.1 Å². The molecule has 2 aromatic carbocycles. The Balaban J connectivity index is 1.12. The molecule has 43 heavy (non-hydrogen) atoms. The maximum atomic E-state index is 13.3. The number of halogens is 2. The number of nitrogens with one attached hydrogen (secondary N) is 2. The average molecular weight is 592 g/mol. The number of anilines is 2. The Morgan fingerprint density at radius 3 is 2.49 bits per heavy atom. The van der Waals surface area contributed by atoms with Gasteiger partial charge >= 0.3 is 6.61 Å². The van der Waals surface area contributed by atoms with Gasteiger partial charge in [-0.2, -0.15) is 8.78 Å². The molecule has 2 fully saturated rings. The van der Waals surface area contributed by atoms with Crippen LogP contribution in [0.1, 0.15) is 22.3 Å². The fraction of sp³-hybridized carbons (Fsp3) is 0.333. The number of hydrogen-bond donors (Lipinski definition) is 3. The monoisotopic (exact) mass is 591 g/mol. The van der Waals surface area contributed by atoms with Gasteiger partial charge in [0, 0.05) is 61.9 Å². The van der Waals surface area contributed by atoms with Gasteiger partial charge in [-0.05, 0) is 61.4 Å². The minimum Gasteiger partial charge on any atom is -0.435 e. The fourth-order valence-corrected chi connectivity index (χ4v) is 5.57. The normalized spacial score (nSPS) is 18.8. The maximum Gasteiger partial charge on any atom is 0.387 e. The van der Waals surface area contributed by atoms with Gasteiger partial charge in [-0.15, -0.1) is 0 Å². The molecule has 0 spiro atoms. The second-order valence-corrected chi connectivity index (χ2v) is 10.6. The molecule has 11 nitrogen and oxygen atoms in total. The first kappa shape index (κ1) is 28.5. The zero-order valence-corrected chi connectivity index (χ0v) is 23.4. The van der Waals surface area contributed by atoms with E-state index in [0.717, 1.165) is 22.5 Å². The van der Waals surface area contributed by atoms with E-state index in [9.17, 15) is 23.5 Å². The molecule has 2 aromatic heterocycles. The first-order valence-corrected chi connectivity index (χ1v) is 14.0. The summed E-state index contributed by atoms with van der Waals surface area (Å²) in [6, 6.07) is 11.4. The highest BCUT2D eigenvalue weighted by Gasteiger charge is 2.33. The lowest BCUT2D eigenvalue weighted by Crippen LogP contribution is -2.54. The Morgan fingerprint density at radius 1 is 1.07 bits per heavy atom. The Bertz CT molecular complexity index is 1640. The number of β-amino-alcohol motifs (C(OH)–C–C–N with tert-alkyl or cyclic N) is 1. The van der Waals surface area contributed by atoms with Crippen molar-refractivity contribution in [1.82, 2.24) is 29.5 Å². The van der Waals surface area contributed by atoms with Crippen molar-refractivity contribution in [3.63, 3.8) is 0 Å². The minimum absolute atomic E-state index is 0.0270. The number of hydrogen-bond acceptors (Lipinski definition) is 8. The topological polar surface area (TPSA) is 124 Å². The van der Waals surface area contributed by atoms with Crippen LogP contribution in [0.2, 0.25) is 0 Å². The molecule has 6 rings (SSSR count). The van der Waals surface area contributed by atoms with Crippen molar-refractivity contribution in [2.24, 2.45) is 0 Å². The van der Waals surface area contributed by atoms with E-state index in [1.54, 1.807) is 46.6 Å². The molecule has 224 valence electrons. The molecule has 0 aliphatic carbocycles. The van der Waals surface area contributed by atoms with Gasteiger partial charge in [0.05, 0.1) is 24.0 Å². The fourth-order valence-electron chi connectivity index (χ4n) is 5.57. The van der Waals surface area contributed by atoms with Gasteiger partial charge in [0.1, 0.15) is 5.75 Å². The van der Waals surface area contributed by atoms with Gasteiger partial charge in [0.25, 0.3) is 5.91 Å². The SMILES string of the molecule is Cc1cc(Nc2nccn3c(-c4ccc(OC(F)F)cc4)cnc23)ccc1C(=O)N1CCN(C(=O)[C@H]2C[C@H](O)CN2)CC1. The van der Waals surface area contributed by atoms with Crippen LogP contribution in [-0.2, 0) is 4.79 Å². The number of aryl methyl sites for hydroxylation is 1. The molecular weight excluding hydrogens is 560 g/mol. The van der Waals surface area contributed by atoms with Crippen LogP contribution in [0.4, 0.5) is 20.3 Å². The third-order valence-corrected chi connectivity index (χ3v) is 7.81. The van der Waals surface area contributed by atoms with E-state index in [2.05, 4.69) is 25.3 Å². The standard InChI is InChI=1S/C30H31F2N7O4/c1-18-14-20(4-7-23(18)28(41)37-10-12-38(13-11-37)29(42)24-15-21(40)16-34-24)36-26-27-35-17-25(39(27)9-8-33-26)19-2-5-22(6-3-19)43-30(31)32/h2-9,14,17,21,24,30,34,40H,10-13,15-16H2,1H3,(H,33,36)/t21-,24+/m0/s1. The summed E-state index contributed by atoms with van der Waals surface area (Å²) in [6.07, 6.45) is 4.99. The highest BCUT2D eigenvalue weighted by molar-refractivity contribution is 5.96. The Morgan fingerprint density at radius 2 is 1.81 bits per heavy atom. The van der Waals surface area contributed by atoms with Crippen molar-refractivity contribution in [2.75, 3.05) is 38.0 Å². The number of rotatable bonds is 7. The summed E-state index contributed by atoms with van der Waals surface area (Å²) in [5, 5.41) is 16.1. The molecular formula is C30H31F2N7O4. The zero-order valence-electron chi connectivity index (χ0n) is 23.4. The number of amides is 2. The lowest BCUT2D eigenvalue weighted by Gasteiger charge is -2.36. The van der Waals surface area contributed by atoms with Gasteiger partial charge in [0.15, 0.2) is 11.5 Å². The zero-order chi connectivity index (χ0) is 30.1. The van der Waals surface area contributed by atoms with E-state index < -0.39 is 12.7 Å². The molecule has 13 heteroatoms. The van der Waals surface area contributed by atoms with E-state index >= 15 is 0 Å². The first-order chi connectivity index (χ1) is 20.8. The van der Waals surface area contributed by atoms with Gasteiger partial charge in [0.2, 0.25) is 5.91 Å². The van der Waals surface area contributed by atoms with Crippen LogP contribution in [-0.4, -0.2) is 92.6 Å². The highest BCUT2D eigenvalue weighted by Crippen LogP contribution is 2.28. The summed E-state index contributed by atoms with van der Waals surface area (Å²) < 4.78 is 31.3. The smallest absolute Gasteiger partial charge is 0.387 e. The predicted octanol–water partition coefficient (Wildman–Crippen LogP) is 3.06. The van der Waals surface area contributed by atoms with Crippen molar-refractivity contribution in [3.05, 3.63) is 72.2 Å². The number of carbonyl (C=O) groups is 2. The summed E-state index contributed by atoms with van der Waals surface area (Å²) in [6.45, 7) is 1.19. The maximum absolute atomic E-state index is 13.3. The van der Waals surface area contributed by atoms with Crippen LogP contribution in [0.5, 0.6) is 5.75 Å². The van der Waals surface area contributed by atoms with E-state index in [1.807, 2.05) is 23.5 Å². The third-order valence-electron chi connectivity index (χ3n) is 7.81. The molecule has 0 bridgehead atoms. The Hall–Kier alpha value is -4.62. The number of fused-ring (bicyclic) bond motifs is 1. The number of carbonyl (C=O) groups excluding carboxylic acids is 2. The van der Waals surface area contributed by atoms with Gasteiger partial charge in [-0.1, -0.05) is 0 Å². The van der Waals surface area contributed by atoms with Gasteiger partial charge in [-0.25, -0.2) is 9.97 Å². The molecule has 0 radical (unpaired) electrons. The Kier molecular flexibility index (Phi) is 7.91. The lowest BCUT2D eigenvalue weighted by molar-refractivity contribution is -0.134. The summed E-state index contributed by atoms with van der Waals surface area (Å²) in [5.41, 5.74) is 4.19. The van der Waals surface area contributed by atoms with Crippen LogP contribution in [0.3, 0.4) is 0 Å². The number of piperazine rings is 1. The van der Waals surface area contributed by atoms with Crippen LogP contribution < -0.4 is 15.4 Å². The summed E-state index contributed by atoms with van der Waals surface area (Å²) in [4.78, 5) is 38.6. The quantitative estimate of drug-likeness (QED) is 0.300. The number of nitrogens with zero attached hydrogens (tertiary/aromatic N) is 5. The molecule has 4 aromatic rings. The molecule has 2 atom stereocenters. The third kappa shape index (κ3) is 5.99. The highest BCUT2D eigenvalue weighted by atomic mass is 19.3. The van der Waals surface area contributed by atoms with E-state index in [-0.39, 0.29) is 23.6 Å². The van der Waals surface area contributed by atoms with Crippen molar-refractivity contribution in [1.29, 1.82) is 0 Å². The van der Waals surface area contributed by atoms with Crippen molar-refractivity contribution in [3.8, 4) is 17.0 Å². The number of imidazole rings is 1. The number of aliphatic hydroxyl groups excluding tert-OH is 1. The number of benzene rings is 2. The predicted molar refractivity (Wildman–Crippen MR) is 154 cm³/mol. The minimum atomic E-state index is -2.89. The van der Waals surface area contributed by atoms with Crippen LogP contribution in [0.25, 0.3) is 16.9 Å². The molecule has 2 saturated heterocycles. The second-order valence-electron chi connectivity index (χ2n) is 10.6. The molecule has 0 unspecified atom stereocenters. The average Bonchev–Trinajstić information content (AvgIpc) is 3.64. The van der Waals surface area contributed by atoms with Crippen LogP contribution in [0.15, 0.2) is 61.1 Å². The lowest BCUT2D eigenvalue weighted by atomic mass is 10.1. The molecule has 2 aliphatic heterocycles. The number of alkyl halides is 2. The first-order valence-electron chi connectivity index (χ1n) is 14.0. The number of aromatic nitrogens is 3. The molecule has 0 saturated carbocycles. The van der Waals surface area contributed by atoms with E-state index in [4.69, 9.17) is 0 Å². The molecule has 3 N–H and O–H groups in total. The Labute approximate surface area is 246 Å². The molecule has 2 amide bonds. The molecule has 2 aliphatic rings. The number of ether oxygens (including phenoxy) is 1. The van der Waals surface area contributed by atoms with Gasteiger partial charge < -0.3 is 30.3 Å². The summed E-state index contributed by atoms with van der Waals surface area (Å²) >= 11 is 0. The second kappa shape index (κ2) is 11.9. The van der Waals surface area contributed by atoms with Crippen molar-refractivity contribution >= 4 is 29.0 Å². The van der Waals surface area contributed by atoms with Crippen molar-refractivity contribution < 1.29 is 28.2 Å². The van der Waals surface area contributed by atoms with Crippen LogP contribution >= 0.6 is 0 Å². The largest absolute Gasteiger partial charge is 0.435 e. The van der Waals surface area contributed by atoms with Crippen LogP contribution in [0, 0.1) is 6.92 Å². The van der Waals surface area contributed by atoms with E-state index in [0.29, 0.717) is 56.2 Å². The number of aliphatic hydroxyl groups is 1. The summed E-state index contributed by atoms with van der Waals surface area (Å²) in [5.74, 6) is 0.467. The summed E-state index contributed by atoms with van der Waals surface area (Å²) in [7, 11) is 0. The van der Waals surface area contributed by atoms with Gasteiger partial charge in [-0.3, -0.25) is 14.0 Å².